The van der Waals surface area contributed by atoms with Crippen molar-refractivity contribution in [2.45, 2.75) is 70.5 Å². The Morgan fingerprint density at radius 3 is 2.46 bits per heavy atom. The van der Waals surface area contributed by atoms with Gasteiger partial charge in [-0.05, 0) is 81.8 Å². The molecule has 1 aromatic rings. The maximum atomic E-state index is 14.8. The lowest BCUT2D eigenvalue weighted by molar-refractivity contribution is 0.164. The topological polar surface area (TPSA) is 41.1 Å². The van der Waals surface area contributed by atoms with E-state index in [1.165, 1.54) is 0 Å². The molecule has 1 aromatic carbocycles. The highest BCUT2D eigenvalue weighted by Gasteiger charge is 2.48. The number of benzene rings is 1. The molecule has 0 bridgehead atoms. The Hall–Kier alpha value is -1.00. The average molecular weight is 421 g/mol. The minimum atomic E-state index is -1.60. The molecular weight excluding hydrogens is 387 g/mol. The Kier molecular flexibility index (Phi) is 5.95. The fraction of sp³-hybridized carbons (Fsp3) is 0.636. The number of halogens is 1. The van der Waals surface area contributed by atoms with Crippen LogP contribution in [0.2, 0.25) is 19.6 Å². The van der Waals surface area contributed by atoms with Crippen molar-refractivity contribution in [3.05, 3.63) is 34.6 Å². The smallest absolute Gasteiger partial charge is 0.139 e. The van der Waals surface area contributed by atoms with E-state index in [1.54, 1.807) is 6.07 Å². The van der Waals surface area contributed by atoms with Crippen LogP contribution in [0.15, 0.2) is 12.1 Å². The van der Waals surface area contributed by atoms with Gasteiger partial charge in [-0.15, -0.1) is 5.54 Å². The maximum Gasteiger partial charge on any atom is 0.139 e. The highest BCUT2D eigenvalue weighted by molar-refractivity contribution is 7.84. The van der Waals surface area contributed by atoms with Crippen LogP contribution < -0.4 is 10.0 Å². The summed E-state index contributed by atoms with van der Waals surface area (Å²) in [5, 5.41) is 3.43. The molecule has 0 aromatic heterocycles. The Morgan fingerprint density at radius 2 is 1.89 bits per heavy atom. The van der Waals surface area contributed by atoms with Gasteiger partial charge < -0.3 is 5.32 Å². The third-order valence-corrected chi connectivity index (χ3v) is 8.08. The first-order chi connectivity index (χ1) is 12.9. The molecule has 0 radical (unpaired) electrons. The zero-order valence-electron chi connectivity index (χ0n) is 18.0. The van der Waals surface area contributed by atoms with Gasteiger partial charge in [0, 0.05) is 0 Å². The molecule has 1 aliphatic heterocycles. The van der Waals surface area contributed by atoms with Crippen molar-refractivity contribution in [2.75, 3.05) is 13.1 Å². The Labute approximate surface area is 172 Å². The van der Waals surface area contributed by atoms with Crippen LogP contribution in [0, 0.1) is 22.7 Å². The van der Waals surface area contributed by atoms with Crippen molar-refractivity contribution < 1.29 is 8.60 Å². The minimum Gasteiger partial charge on any atom is -0.317 e. The van der Waals surface area contributed by atoms with Crippen LogP contribution in [0.25, 0.3) is 0 Å². The van der Waals surface area contributed by atoms with Crippen LogP contribution >= 0.6 is 0 Å². The Morgan fingerprint density at radius 1 is 1.25 bits per heavy atom. The number of fused-ring (bicyclic) bond motifs is 1. The molecule has 1 spiro atoms. The summed E-state index contributed by atoms with van der Waals surface area (Å²) in [5.41, 5.74) is 5.87. The van der Waals surface area contributed by atoms with E-state index in [2.05, 4.69) is 41.1 Å². The van der Waals surface area contributed by atoms with Gasteiger partial charge in [0.1, 0.15) is 13.9 Å². The van der Waals surface area contributed by atoms with E-state index in [9.17, 15) is 8.60 Å². The largest absolute Gasteiger partial charge is 0.317 e. The molecule has 1 aliphatic carbocycles. The molecule has 0 unspecified atom stereocenters. The Bertz CT molecular complexity index is 839. The van der Waals surface area contributed by atoms with Gasteiger partial charge in [0.2, 0.25) is 0 Å². The standard InChI is InChI=1S/C22H33FN2OSSi/c1-21(2,3)27(26)25-20-18-13-16(7-12-28(4,5)6)19(23)14-17(18)15-22(20)8-10-24-11-9-22/h13-14,20,24-25H,8-11,15H2,1-6H3/t20-,27-/m1/s1. The van der Waals surface area contributed by atoms with Crippen LogP contribution in [0.1, 0.15) is 56.3 Å². The number of rotatable bonds is 2. The van der Waals surface area contributed by atoms with Gasteiger partial charge in [-0.2, -0.15) is 0 Å². The van der Waals surface area contributed by atoms with E-state index in [0.717, 1.165) is 43.5 Å². The molecule has 2 aliphatic rings. The molecule has 2 atom stereocenters. The van der Waals surface area contributed by atoms with E-state index in [4.69, 9.17) is 0 Å². The van der Waals surface area contributed by atoms with Crippen LogP contribution in [-0.2, 0) is 17.4 Å². The second-order valence-corrected chi connectivity index (χ2v) is 17.0. The zero-order chi connectivity index (χ0) is 20.7. The van der Waals surface area contributed by atoms with Crippen LogP contribution in [-0.4, -0.2) is 30.1 Å². The molecule has 154 valence electrons. The molecule has 1 saturated heterocycles. The molecule has 6 heteroatoms. The normalized spacial score (nSPS) is 22.5. The van der Waals surface area contributed by atoms with Gasteiger partial charge in [-0.25, -0.2) is 13.3 Å². The lowest BCUT2D eigenvalue weighted by Gasteiger charge is -2.40. The predicted molar refractivity (Wildman–Crippen MR) is 119 cm³/mol. The molecule has 3 nitrogen and oxygen atoms in total. The van der Waals surface area contributed by atoms with Crippen molar-refractivity contribution in [3.8, 4) is 11.5 Å². The van der Waals surface area contributed by atoms with Crippen molar-refractivity contribution >= 4 is 19.1 Å². The first kappa shape index (κ1) is 21.7. The van der Waals surface area contributed by atoms with Gasteiger partial charge >= 0.3 is 0 Å². The first-order valence-electron chi connectivity index (χ1n) is 10.2. The molecule has 2 N–H and O–H groups in total. The van der Waals surface area contributed by atoms with Crippen molar-refractivity contribution in [1.29, 1.82) is 0 Å². The summed E-state index contributed by atoms with van der Waals surface area (Å²) in [6.07, 6.45) is 2.83. The summed E-state index contributed by atoms with van der Waals surface area (Å²) in [7, 11) is -2.78. The van der Waals surface area contributed by atoms with Gasteiger partial charge in [-0.1, -0.05) is 25.6 Å². The number of piperidine rings is 1. The van der Waals surface area contributed by atoms with Gasteiger partial charge in [0.15, 0.2) is 0 Å². The average Bonchev–Trinajstić information content (AvgIpc) is 2.84. The first-order valence-corrected chi connectivity index (χ1v) is 14.8. The van der Waals surface area contributed by atoms with E-state index in [-0.39, 0.29) is 22.0 Å². The summed E-state index contributed by atoms with van der Waals surface area (Å²) in [6, 6.07) is 3.57. The van der Waals surface area contributed by atoms with Gasteiger partial charge in [0.25, 0.3) is 0 Å². The van der Waals surface area contributed by atoms with Crippen molar-refractivity contribution in [3.63, 3.8) is 0 Å². The summed E-state index contributed by atoms with van der Waals surface area (Å²) in [5.74, 6) is 2.87. The zero-order valence-corrected chi connectivity index (χ0v) is 19.8. The summed E-state index contributed by atoms with van der Waals surface area (Å²) in [4.78, 5) is 0. The fourth-order valence-electron chi connectivity index (χ4n) is 4.08. The van der Waals surface area contributed by atoms with E-state index < -0.39 is 19.1 Å². The minimum absolute atomic E-state index is 0.00817. The van der Waals surface area contributed by atoms with Crippen molar-refractivity contribution in [1.82, 2.24) is 10.0 Å². The second-order valence-electron chi connectivity index (χ2n) is 10.3. The highest BCUT2D eigenvalue weighted by Crippen LogP contribution is 2.52. The highest BCUT2D eigenvalue weighted by atomic mass is 32.2. The van der Waals surface area contributed by atoms with Gasteiger partial charge in [0.05, 0.1) is 27.3 Å². The molecule has 0 saturated carbocycles. The second kappa shape index (κ2) is 7.68. The number of hydrogen-bond donors (Lipinski definition) is 2. The SMILES string of the molecule is CC(C)(C)[S@@](=O)N[C@@H]1c2cc(C#C[Si](C)(C)C)c(F)cc2CC12CCNCC2. The van der Waals surface area contributed by atoms with E-state index in [1.807, 2.05) is 26.8 Å². The Balaban J connectivity index is 2.04. The molecular formula is C22H33FN2OSSi. The lowest BCUT2D eigenvalue weighted by Crippen LogP contribution is -2.46. The number of hydrogen-bond acceptors (Lipinski definition) is 2. The maximum absolute atomic E-state index is 14.8. The third kappa shape index (κ3) is 4.59. The quantitative estimate of drug-likeness (QED) is 0.559. The van der Waals surface area contributed by atoms with Crippen LogP contribution in [0.5, 0.6) is 0 Å². The van der Waals surface area contributed by atoms with Crippen LogP contribution in [0.4, 0.5) is 4.39 Å². The molecule has 0 amide bonds. The third-order valence-electron chi connectivity index (χ3n) is 5.65. The van der Waals surface area contributed by atoms with E-state index >= 15 is 0 Å². The van der Waals surface area contributed by atoms with Crippen LogP contribution in [0.3, 0.4) is 0 Å². The van der Waals surface area contributed by atoms with Crippen molar-refractivity contribution in [2.24, 2.45) is 5.41 Å². The molecule has 28 heavy (non-hydrogen) atoms. The molecule has 1 heterocycles. The van der Waals surface area contributed by atoms with E-state index in [0.29, 0.717) is 5.56 Å². The molecule has 3 rings (SSSR count). The lowest BCUT2D eigenvalue weighted by atomic mass is 9.73. The summed E-state index contributed by atoms with van der Waals surface area (Å²) in [6.45, 7) is 14.3. The number of nitrogens with one attached hydrogen (secondary N) is 2. The summed E-state index contributed by atoms with van der Waals surface area (Å²) >= 11 is 0. The fourth-order valence-corrected chi connectivity index (χ4v) is 5.53. The summed E-state index contributed by atoms with van der Waals surface area (Å²) < 4.78 is 30.8. The monoisotopic (exact) mass is 420 g/mol. The predicted octanol–water partition coefficient (Wildman–Crippen LogP) is 4.07. The molecule has 1 fully saturated rings. The van der Waals surface area contributed by atoms with Gasteiger partial charge in [-0.3, -0.25) is 0 Å².